The summed E-state index contributed by atoms with van der Waals surface area (Å²) in [5, 5.41) is 1.34. The molecule has 66 valence electrons. The lowest BCUT2D eigenvalue weighted by Crippen LogP contribution is -1.88. The van der Waals surface area contributed by atoms with Gasteiger partial charge in [0.25, 0.3) is 0 Å². The largest absolute Gasteiger partial charge is 0.497 e. The minimum Gasteiger partial charge on any atom is -0.497 e. The average molecular weight is 205 g/mol. The number of benzene rings is 1. The van der Waals surface area contributed by atoms with E-state index in [9.17, 15) is 0 Å². The van der Waals surface area contributed by atoms with Crippen LogP contribution in [0.4, 0.5) is 0 Å². The van der Waals surface area contributed by atoms with Gasteiger partial charge in [-0.3, -0.25) is 0 Å². The highest BCUT2D eigenvalue weighted by Crippen LogP contribution is 2.30. The minimum absolute atomic E-state index is 0.668. The fourth-order valence-electron chi connectivity index (χ4n) is 1.04. The summed E-state index contributed by atoms with van der Waals surface area (Å²) in [5.74, 6) is 0.696. The third kappa shape index (κ3) is 1.85. The van der Waals surface area contributed by atoms with Gasteiger partial charge in [-0.05, 0) is 24.1 Å². The predicted molar refractivity (Wildman–Crippen MR) is 52.4 cm³/mol. The highest BCUT2D eigenvalue weighted by molar-refractivity contribution is 6.36. The van der Waals surface area contributed by atoms with Gasteiger partial charge >= 0.3 is 0 Å². The Morgan fingerprint density at radius 3 is 2.08 bits per heavy atom. The number of halogens is 2. The lowest BCUT2D eigenvalue weighted by Gasteiger charge is -2.06. The van der Waals surface area contributed by atoms with Crippen molar-refractivity contribution in [3.05, 3.63) is 27.7 Å². The highest BCUT2D eigenvalue weighted by Gasteiger charge is 2.05. The van der Waals surface area contributed by atoms with E-state index >= 15 is 0 Å². The van der Waals surface area contributed by atoms with Gasteiger partial charge in [0.15, 0.2) is 0 Å². The zero-order valence-electron chi connectivity index (χ0n) is 7.03. The molecule has 0 unspecified atom stereocenters. The fraction of sp³-hybridized carbons (Fsp3) is 0.333. The summed E-state index contributed by atoms with van der Waals surface area (Å²) in [4.78, 5) is 0. The maximum Gasteiger partial charge on any atom is 0.121 e. The summed E-state index contributed by atoms with van der Waals surface area (Å²) in [7, 11) is 1.59. The van der Waals surface area contributed by atoms with E-state index in [0.717, 1.165) is 12.0 Å². The Labute approximate surface area is 82.2 Å². The second-order valence-corrected chi connectivity index (χ2v) is 3.24. The molecule has 0 amide bonds. The van der Waals surface area contributed by atoms with E-state index in [0.29, 0.717) is 15.8 Å². The molecule has 1 nitrogen and oxygen atoms in total. The number of methoxy groups -OCH3 is 1. The Balaban J connectivity index is 3.18. The van der Waals surface area contributed by atoms with Gasteiger partial charge in [-0.15, -0.1) is 0 Å². The Morgan fingerprint density at radius 1 is 1.25 bits per heavy atom. The van der Waals surface area contributed by atoms with Crippen molar-refractivity contribution >= 4 is 23.2 Å². The van der Waals surface area contributed by atoms with Crippen molar-refractivity contribution in [2.24, 2.45) is 0 Å². The molecule has 0 heterocycles. The third-order valence-corrected chi connectivity index (χ3v) is 2.38. The van der Waals surface area contributed by atoms with Crippen molar-refractivity contribution < 1.29 is 4.74 Å². The SMILES string of the molecule is CCc1c(Cl)cc(OC)cc1Cl. The second-order valence-electron chi connectivity index (χ2n) is 2.42. The van der Waals surface area contributed by atoms with Gasteiger partial charge in [-0.25, -0.2) is 0 Å². The van der Waals surface area contributed by atoms with Crippen molar-refractivity contribution in [1.82, 2.24) is 0 Å². The Morgan fingerprint density at radius 2 is 1.75 bits per heavy atom. The molecular formula is C9H10Cl2O. The molecule has 1 rings (SSSR count). The lowest BCUT2D eigenvalue weighted by molar-refractivity contribution is 0.414. The Kier molecular flexibility index (Phi) is 3.24. The minimum atomic E-state index is 0.668. The summed E-state index contributed by atoms with van der Waals surface area (Å²) in [5.41, 5.74) is 0.971. The van der Waals surface area contributed by atoms with E-state index in [1.54, 1.807) is 19.2 Å². The molecule has 0 saturated heterocycles. The van der Waals surface area contributed by atoms with Crippen molar-refractivity contribution in [2.75, 3.05) is 7.11 Å². The molecule has 0 saturated carbocycles. The van der Waals surface area contributed by atoms with Crippen LogP contribution >= 0.6 is 23.2 Å². The first-order chi connectivity index (χ1) is 5.69. The van der Waals surface area contributed by atoms with Crippen molar-refractivity contribution in [1.29, 1.82) is 0 Å². The molecule has 0 fully saturated rings. The molecule has 0 aliphatic heterocycles. The lowest BCUT2D eigenvalue weighted by atomic mass is 10.1. The van der Waals surface area contributed by atoms with E-state index in [1.165, 1.54) is 0 Å². The van der Waals surface area contributed by atoms with E-state index in [4.69, 9.17) is 27.9 Å². The summed E-state index contributed by atoms with van der Waals surface area (Å²) < 4.78 is 5.01. The van der Waals surface area contributed by atoms with Crippen molar-refractivity contribution in [3.63, 3.8) is 0 Å². The third-order valence-electron chi connectivity index (χ3n) is 1.70. The van der Waals surface area contributed by atoms with Gasteiger partial charge in [-0.2, -0.15) is 0 Å². The molecule has 1 aromatic rings. The van der Waals surface area contributed by atoms with Crippen molar-refractivity contribution in [3.8, 4) is 5.75 Å². The van der Waals surface area contributed by atoms with Gasteiger partial charge in [0, 0.05) is 10.0 Å². The fourth-order valence-corrected chi connectivity index (χ4v) is 1.77. The van der Waals surface area contributed by atoms with Crippen LogP contribution in [-0.2, 0) is 6.42 Å². The van der Waals surface area contributed by atoms with Gasteiger partial charge in [0.1, 0.15) is 5.75 Å². The van der Waals surface area contributed by atoms with Crippen LogP contribution in [-0.4, -0.2) is 7.11 Å². The zero-order valence-corrected chi connectivity index (χ0v) is 8.54. The molecule has 3 heteroatoms. The topological polar surface area (TPSA) is 9.23 Å². The summed E-state index contributed by atoms with van der Waals surface area (Å²) >= 11 is 11.9. The van der Waals surface area contributed by atoms with Crippen LogP contribution in [0.2, 0.25) is 10.0 Å². The Hall–Kier alpha value is -0.400. The van der Waals surface area contributed by atoms with Crippen LogP contribution in [0.5, 0.6) is 5.75 Å². The van der Waals surface area contributed by atoms with Crippen LogP contribution in [0.3, 0.4) is 0 Å². The second kappa shape index (κ2) is 4.01. The highest BCUT2D eigenvalue weighted by atomic mass is 35.5. The molecule has 0 aromatic heterocycles. The average Bonchev–Trinajstić information content (AvgIpc) is 2.03. The van der Waals surface area contributed by atoms with Crippen LogP contribution in [0.15, 0.2) is 12.1 Å². The molecule has 1 aromatic carbocycles. The summed E-state index contributed by atoms with van der Waals surface area (Å²) in [6.45, 7) is 2.01. The predicted octanol–water partition coefficient (Wildman–Crippen LogP) is 3.56. The molecule has 0 bridgehead atoms. The van der Waals surface area contributed by atoms with Crippen molar-refractivity contribution in [2.45, 2.75) is 13.3 Å². The zero-order chi connectivity index (χ0) is 9.14. The van der Waals surface area contributed by atoms with E-state index in [-0.39, 0.29) is 0 Å². The number of ether oxygens (including phenoxy) is 1. The maximum absolute atomic E-state index is 5.95. The first kappa shape index (κ1) is 9.69. The Bertz CT molecular complexity index is 261. The normalized spacial score (nSPS) is 10.0. The maximum atomic E-state index is 5.95. The van der Waals surface area contributed by atoms with E-state index < -0.39 is 0 Å². The molecule has 0 spiro atoms. The van der Waals surface area contributed by atoms with Gasteiger partial charge in [0.2, 0.25) is 0 Å². The quantitative estimate of drug-likeness (QED) is 0.717. The molecule has 0 aliphatic carbocycles. The number of hydrogen-bond donors (Lipinski definition) is 0. The first-order valence-electron chi connectivity index (χ1n) is 3.71. The van der Waals surface area contributed by atoms with Crippen LogP contribution in [0.25, 0.3) is 0 Å². The summed E-state index contributed by atoms with van der Waals surface area (Å²) in [6, 6.07) is 3.54. The summed E-state index contributed by atoms with van der Waals surface area (Å²) in [6.07, 6.45) is 0.835. The standard InChI is InChI=1S/C9H10Cl2O/c1-3-7-8(10)4-6(12-2)5-9(7)11/h4-5H,3H2,1-2H3. The first-order valence-corrected chi connectivity index (χ1v) is 4.46. The molecule has 0 N–H and O–H groups in total. The smallest absolute Gasteiger partial charge is 0.121 e. The molecule has 0 atom stereocenters. The van der Waals surface area contributed by atoms with Crippen LogP contribution < -0.4 is 4.74 Å². The van der Waals surface area contributed by atoms with E-state index in [2.05, 4.69) is 0 Å². The number of rotatable bonds is 2. The number of hydrogen-bond acceptors (Lipinski definition) is 1. The molecule has 12 heavy (non-hydrogen) atoms. The van der Waals surface area contributed by atoms with Gasteiger partial charge in [-0.1, -0.05) is 30.1 Å². The molecule has 0 aliphatic rings. The monoisotopic (exact) mass is 204 g/mol. The molecule has 0 radical (unpaired) electrons. The van der Waals surface area contributed by atoms with Crippen LogP contribution in [0, 0.1) is 0 Å². The van der Waals surface area contributed by atoms with Gasteiger partial charge < -0.3 is 4.74 Å². The van der Waals surface area contributed by atoms with E-state index in [1.807, 2.05) is 6.92 Å². The van der Waals surface area contributed by atoms with Gasteiger partial charge in [0.05, 0.1) is 7.11 Å². The van der Waals surface area contributed by atoms with Crippen LogP contribution in [0.1, 0.15) is 12.5 Å². The molecular weight excluding hydrogens is 195 g/mol.